The van der Waals surface area contributed by atoms with Crippen molar-refractivity contribution in [3.8, 4) is 0 Å². The third-order valence-electron chi connectivity index (χ3n) is 0.957. The first-order chi connectivity index (χ1) is 3.50. The lowest BCUT2D eigenvalue weighted by molar-refractivity contribution is 0.857. The van der Waals surface area contributed by atoms with E-state index in [1.807, 2.05) is 13.8 Å². The van der Waals surface area contributed by atoms with Crippen LogP contribution in [0.3, 0.4) is 0 Å². The molecule has 1 nitrogen and oxygen atoms in total. The van der Waals surface area contributed by atoms with E-state index in [0.717, 1.165) is 0 Å². The molecular formula is C7H19N. The molecule has 0 saturated carbocycles. The first kappa shape index (κ1) is 10.9. The minimum Gasteiger partial charge on any atom is -0.317 e. The minimum atomic E-state index is 0. The van der Waals surface area contributed by atoms with Crippen molar-refractivity contribution in [2.45, 2.75) is 34.1 Å². The second-order valence-electron chi connectivity index (χ2n) is 1.46. The summed E-state index contributed by atoms with van der Waals surface area (Å²) in [6, 6.07) is 0. The minimum absolute atomic E-state index is 0. The molecule has 0 aromatic rings. The van der Waals surface area contributed by atoms with Gasteiger partial charge in [-0.3, -0.25) is 0 Å². The van der Waals surface area contributed by atoms with Crippen molar-refractivity contribution in [2.75, 3.05) is 13.1 Å². The molecule has 8 heavy (non-hydrogen) atoms. The van der Waals surface area contributed by atoms with Crippen molar-refractivity contribution < 1.29 is 0 Å². The largest absolute Gasteiger partial charge is 0.317 e. The summed E-state index contributed by atoms with van der Waals surface area (Å²) in [5.41, 5.74) is 0. The normalized spacial score (nSPS) is 15.8. The monoisotopic (exact) mass is 117 g/mol. The highest BCUT2D eigenvalue weighted by Gasteiger charge is 1.93. The van der Waals surface area contributed by atoms with Crippen LogP contribution in [0, 0.1) is 0 Å². The van der Waals surface area contributed by atoms with E-state index in [-0.39, 0.29) is 7.43 Å². The van der Waals surface area contributed by atoms with Crippen molar-refractivity contribution in [2.24, 2.45) is 0 Å². The van der Waals surface area contributed by atoms with E-state index in [1.54, 1.807) is 0 Å². The summed E-state index contributed by atoms with van der Waals surface area (Å²) in [6.45, 7) is 6.50. The van der Waals surface area contributed by atoms with E-state index in [1.165, 1.54) is 25.9 Å². The summed E-state index contributed by atoms with van der Waals surface area (Å²) in [6.07, 6.45) is 2.78. The zero-order valence-electron chi connectivity index (χ0n) is 5.33. The maximum Gasteiger partial charge on any atom is -0.00484 e. The van der Waals surface area contributed by atoms with Crippen molar-refractivity contribution in [3.05, 3.63) is 0 Å². The predicted octanol–water partition coefficient (Wildman–Crippen LogP) is 2.03. The van der Waals surface area contributed by atoms with Gasteiger partial charge in [-0.05, 0) is 25.9 Å². The molecule has 1 N–H and O–H groups in total. The molecule has 1 rings (SSSR count). The van der Waals surface area contributed by atoms with E-state index in [4.69, 9.17) is 0 Å². The maximum absolute atomic E-state index is 3.22. The van der Waals surface area contributed by atoms with Crippen molar-refractivity contribution in [3.63, 3.8) is 0 Å². The SMILES string of the molecule is C.C1CCNC1.CC. The highest BCUT2D eigenvalue weighted by Crippen LogP contribution is 1.90. The Bertz CT molecular complexity index is 16.0. The summed E-state index contributed by atoms with van der Waals surface area (Å²) < 4.78 is 0. The summed E-state index contributed by atoms with van der Waals surface area (Å²) >= 11 is 0. The highest BCUT2D eigenvalue weighted by atomic mass is 14.9. The first-order valence-electron chi connectivity index (χ1n) is 3.21. The zero-order valence-corrected chi connectivity index (χ0v) is 5.33. The van der Waals surface area contributed by atoms with Crippen LogP contribution in [0.4, 0.5) is 0 Å². The number of hydrogen-bond acceptors (Lipinski definition) is 1. The molecule has 0 spiro atoms. The van der Waals surface area contributed by atoms with Crippen LogP contribution in [0.1, 0.15) is 34.1 Å². The lowest BCUT2D eigenvalue weighted by Crippen LogP contribution is -2.03. The highest BCUT2D eigenvalue weighted by molar-refractivity contribution is 4.55. The van der Waals surface area contributed by atoms with E-state index < -0.39 is 0 Å². The van der Waals surface area contributed by atoms with E-state index in [2.05, 4.69) is 5.32 Å². The number of rotatable bonds is 0. The van der Waals surface area contributed by atoms with Crippen molar-refractivity contribution in [1.82, 2.24) is 5.32 Å². The van der Waals surface area contributed by atoms with Gasteiger partial charge in [0.2, 0.25) is 0 Å². The Labute approximate surface area is 53.5 Å². The Hall–Kier alpha value is -0.0400. The van der Waals surface area contributed by atoms with Gasteiger partial charge in [-0.2, -0.15) is 0 Å². The van der Waals surface area contributed by atoms with Crippen LogP contribution in [0.15, 0.2) is 0 Å². The standard InChI is InChI=1S/C4H9N.C2H6.CH4/c1-2-4-5-3-1;1-2;/h5H,1-4H2;1-2H3;1H4. The summed E-state index contributed by atoms with van der Waals surface area (Å²) in [5, 5.41) is 3.22. The van der Waals surface area contributed by atoms with Crippen LogP contribution in [0.25, 0.3) is 0 Å². The molecule has 1 aliphatic rings. The van der Waals surface area contributed by atoms with Gasteiger partial charge in [0.05, 0.1) is 0 Å². The summed E-state index contributed by atoms with van der Waals surface area (Å²) in [7, 11) is 0. The molecule has 0 bridgehead atoms. The molecule has 0 aromatic heterocycles. The van der Waals surface area contributed by atoms with Gasteiger partial charge >= 0.3 is 0 Å². The van der Waals surface area contributed by atoms with Crippen LogP contribution >= 0.6 is 0 Å². The van der Waals surface area contributed by atoms with Gasteiger partial charge in [-0.15, -0.1) is 0 Å². The second kappa shape index (κ2) is 10.0. The first-order valence-corrected chi connectivity index (χ1v) is 3.21. The third kappa shape index (κ3) is 5.96. The molecular weight excluding hydrogens is 98.1 g/mol. The van der Waals surface area contributed by atoms with Gasteiger partial charge in [0, 0.05) is 0 Å². The Morgan fingerprint density at radius 3 is 1.50 bits per heavy atom. The predicted molar refractivity (Wildman–Crippen MR) is 40.2 cm³/mol. The summed E-state index contributed by atoms with van der Waals surface area (Å²) in [5.74, 6) is 0. The van der Waals surface area contributed by atoms with Gasteiger partial charge in [0.1, 0.15) is 0 Å². The Morgan fingerprint density at radius 2 is 1.38 bits per heavy atom. The topological polar surface area (TPSA) is 12.0 Å². The van der Waals surface area contributed by atoms with Gasteiger partial charge < -0.3 is 5.32 Å². The molecule has 0 atom stereocenters. The van der Waals surface area contributed by atoms with Crippen LogP contribution in [-0.4, -0.2) is 13.1 Å². The number of hydrogen-bond donors (Lipinski definition) is 1. The molecule has 0 unspecified atom stereocenters. The van der Waals surface area contributed by atoms with Crippen LogP contribution < -0.4 is 5.32 Å². The molecule has 0 radical (unpaired) electrons. The molecule has 1 saturated heterocycles. The van der Waals surface area contributed by atoms with Crippen molar-refractivity contribution in [1.29, 1.82) is 0 Å². The maximum atomic E-state index is 3.22. The van der Waals surface area contributed by atoms with Crippen LogP contribution in [-0.2, 0) is 0 Å². The van der Waals surface area contributed by atoms with Crippen LogP contribution in [0.2, 0.25) is 0 Å². The third-order valence-corrected chi connectivity index (χ3v) is 0.957. The fourth-order valence-corrected chi connectivity index (χ4v) is 0.625. The molecule has 0 aliphatic carbocycles. The zero-order chi connectivity index (χ0) is 5.54. The Morgan fingerprint density at radius 1 is 1.00 bits per heavy atom. The fourth-order valence-electron chi connectivity index (χ4n) is 0.625. The molecule has 0 aromatic carbocycles. The van der Waals surface area contributed by atoms with Crippen LogP contribution in [0.5, 0.6) is 0 Å². The smallest absolute Gasteiger partial charge is 0.00484 e. The molecule has 1 aliphatic heterocycles. The van der Waals surface area contributed by atoms with Crippen molar-refractivity contribution >= 4 is 0 Å². The van der Waals surface area contributed by atoms with E-state index in [0.29, 0.717) is 0 Å². The van der Waals surface area contributed by atoms with Gasteiger partial charge in [0.15, 0.2) is 0 Å². The van der Waals surface area contributed by atoms with Gasteiger partial charge in [-0.1, -0.05) is 21.3 Å². The molecule has 1 fully saturated rings. The van der Waals surface area contributed by atoms with E-state index >= 15 is 0 Å². The molecule has 1 heteroatoms. The second-order valence-corrected chi connectivity index (χ2v) is 1.46. The number of nitrogens with one attached hydrogen (secondary N) is 1. The van der Waals surface area contributed by atoms with Gasteiger partial charge in [0.25, 0.3) is 0 Å². The van der Waals surface area contributed by atoms with Gasteiger partial charge in [-0.25, -0.2) is 0 Å². The molecule has 52 valence electrons. The lowest BCUT2D eigenvalue weighted by Gasteiger charge is -1.76. The average molecular weight is 117 g/mol. The quantitative estimate of drug-likeness (QED) is 0.512. The fraction of sp³-hybridized carbons (Fsp3) is 1.00. The summed E-state index contributed by atoms with van der Waals surface area (Å²) in [4.78, 5) is 0. The Balaban J connectivity index is 0. The Kier molecular flexibility index (Phi) is 13.6. The molecule has 1 heterocycles. The lowest BCUT2D eigenvalue weighted by atomic mass is 10.4. The molecule has 0 amide bonds. The van der Waals surface area contributed by atoms with E-state index in [9.17, 15) is 0 Å². The average Bonchev–Trinajstić information content (AvgIpc) is 2.23.